The second-order valence-corrected chi connectivity index (χ2v) is 6.95. The summed E-state index contributed by atoms with van der Waals surface area (Å²) in [5, 5.41) is 0. The smallest absolute Gasteiger partial charge is 0.211 e. The third-order valence-electron chi connectivity index (χ3n) is 5.69. The van der Waals surface area contributed by atoms with Crippen LogP contribution in [-0.2, 0) is 10.2 Å². The number of aliphatic imine (C=N–C) groups is 1. The van der Waals surface area contributed by atoms with Crippen molar-refractivity contribution in [2.45, 2.75) is 43.9 Å². The molecule has 4 aliphatic rings. The Bertz CT molecular complexity index is 504. The molecule has 2 heteroatoms. The van der Waals surface area contributed by atoms with Gasteiger partial charge in [0, 0.05) is 0 Å². The van der Waals surface area contributed by atoms with Crippen LogP contribution in [0, 0.1) is 17.8 Å². The summed E-state index contributed by atoms with van der Waals surface area (Å²) in [5.74, 6) is 2.91. The largest absolute Gasteiger partial charge is 0.240 e. The Labute approximate surface area is 113 Å². The van der Waals surface area contributed by atoms with E-state index in [2.05, 4.69) is 17.1 Å². The van der Waals surface area contributed by atoms with Gasteiger partial charge in [0.25, 0.3) is 0 Å². The number of benzene rings is 1. The molecule has 98 valence electrons. The van der Waals surface area contributed by atoms with Crippen LogP contribution < -0.4 is 0 Å². The molecule has 19 heavy (non-hydrogen) atoms. The number of hydrogen-bond acceptors (Lipinski definition) is 2. The van der Waals surface area contributed by atoms with Crippen molar-refractivity contribution in [1.82, 2.24) is 0 Å². The highest BCUT2D eigenvalue weighted by Gasteiger charge is 2.51. The van der Waals surface area contributed by atoms with Crippen molar-refractivity contribution in [2.75, 3.05) is 0 Å². The Morgan fingerprint density at radius 3 is 1.95 bits per heavy atom. The second-order valence-electron chi connectivity index (χ2n) is 6.95. The molecule has 2 nitrogen and oxygen atoms in total. The maximum Gasteiger partial charge on any atom is 0.240 e. The van der Waals surface area contributed by atoms with Gasteiger partial charge in [-0.05, 0) is 79.4 Å². The summed E-state index contributed by atoms with van der Waals surface area (Å²) in [6.07, 6.45) is 10.2. The summed E-state index contributed by atoms with van der Waals surface area (Å²) in [4.78, 5) is 14.0. The van der Waals surface area contributed by atoms with Gasteiger partial charge in [0.2, 0.25) is 6.08 Å². The molecule has 0 aliphatic heterocycles. The molecule has 4 bridgehead atoms. The Morgan fingerprint density at radius 1 is 0.947 bits per heavy atom. The van der Waals surface area contributed by atoms with Crippen LogP contribution in [0.3, 0.4) is 0 Å². The molecule has 0 radical (unpaired) electrons. The summed E-state index contributed by atoms with van der Waals surface area (Å²) < 4.78 is 0. The van der Waals surface area contributed by atoms with Gasteiger partial charge >= 0.3 is 0 Å². The highest BCUT2D eigenvalue weighted by Crippen LogP contribution is 2.60. The number of hydrogen-bond donors (Lipinski definition) is 0. The first-order chi connectivity index (χ1) is 9.27. The summed E-state index contributed by atoms with van der Waals surface area (Å²) in [7, 11) is 0. The van der Waals surface area contributed by atoms with Crippen molar-refractivity contribution >= 4 is 11.8 Å². The summed E-state index contributed by atoms with van der Waals surface area (Å²) in [6, 6.07) is 8.34. The van der Waals surface area contributed by atoms with Gasteiger partial charge in [-0.15, -0.1) is 0 Å². The molecule has 1 aromatic rings. The lowest BCUT2D eigenvalue weighted by atomic mass is 9.48. The van der Waals surface area contributed by atoms with Gasteiger partial charge in [-0.25, -0.2) is 4.79 Å². The molecule has 0 heterocycles. The van der Waals surface area contributed by atoms with Crippen molar-refractivity contribution in [3.63, 3.8) is 0 Å². The van der Waals surface area contributed by atoms with Gasteiger partial charge in [-0.1, -0.05) is 12.1 Å². The second kappa shape index (κ2) is 4.05. The summed E-state index contributed by atoms with van der Waals surface area (Å²) in [6.45, 7) is 0. The number of nitrogens with zero attached hydrogens (tertiary/aromatic N) is 1. The van der Waals surface area contributed by atoms with E-state index in [4.69, 9.17) is 0 Å². The van der Waals surface area contributed by atoms with Crippen molar-refractivity contribution in [3.8, 4) is 0 Å². The lowest BCUT2D eigenvalue weighted by molar-refractivity contribution is -0.00518. The topological polar surface area (TPSA) is 29.4 Å². The Balaban J connectivity index is 1.69. The van der Waals surface area contributed by atoms with Gasteiger partial charge in [0.15, 0.2) is 0 Å². The lowest BCUT2D eigenvalue weighted by Gasteiger charge is -2.57. The minimum atomic E-state index is 0.443. The fraction of sp³-hybridized carbons (Fsp3) is 0.588. The van der Waals surface area contributed by atoms with Crippen LogP contribution in [0.5, 0.6) is 0 Å². The quantitative estimate of drug-likeness (QED) is 0.576. The molecule has 0 spiro atoms. The molecule has 4 saturated carbocycles. The van der Waals surface area contributed by atoms with E-state index in [1.165, 1.54) is 44.1 Å². The summed E-state index contributed by atoms with van der Waals surface area (Å²) >= 11 is 0. The molecule has 0 amide bonds. The maximum absolute atomic E-state index is 10.3. The minimum absolute atomic E-state index is 0.443. The first kappa shape index (κ1) is 11.4. The van der Waals surface area contributed by atoms with Crippen molar-refractivity contribution in [3.05, 3.63) is 29.8 Å². The van der Waals surface area contributed by atoms with Crippen LogP contribution in [0.1, 0.15) is 44.1 Å². The van der Waals surface area contributed by atoms with Crippen LogP contribution >= 0.6 is 0 Å². The monoisotopic (exact) mass is 253 g/mol. The van der Waals surface area contributed by atoms with Crippen molar-refractivity contribution in [2.24, 2.45) is 22.7 Å². The normalized spacial score (nSPS) is 39.1. The van der Waals surface area contributed by atoms with Gasteiger partial charge < -0.3 is 0 Å². The van der Waals surface area contributed by atoms with Gasteiger partial charge in [-0.3, -0.25) is 0 Å². The van der Waals surface area contributed by atoms with Crippen LogP contribution in [0.25, 0.3) is 0 Å². The first-order valence-electron chi connectivity index (χ1n) is 7.46. The number of carbonyl (C=O) groups excluding carboxylic acids is 1. The molecule has 0 saturated heterocycles. The Hall–Kier alpha value is -1.40. The summed E-state index contributed by atoms with van der Waals surface area (Å²) in [5.41, 5.74) is 2.65. The van der Waals surface area contributed by atoms with Crippen LogP contribution in [-0.4, -0.2) is 6.08 Å². The zero-order valence-electron chi connectivity index (χ0n) is 11.1. The van der Waals surface area contributed by atoms with E-state index in [1.807, 2.05) is 12.1 Å². The molecule has 0 atom stereocenters. The Morgan fingerprint density at radius 2 is 1.47 bits per heavy atom. The van der Waals surface area contributed by atoms with E-state index in [9.17, 15) is 4.79 Å². The van der Waals surface area contributed by atoms with E-state index in [0.717, 1.165) is 23.4 Å². The molecular weight excluding hydrogens is 234 g/mol. The van der Waals surface area contributed by atoms with E-state index in [0.29, 0.717) is 5.41 Å². The van der Waals surface area contributed by atoms with E-state index >= 15 is 0 Å². The molecule has 0 aromatic heterocycles. The molecule has 1 aromatic carbocycles. The lowest BCUT2D eigenvalue weighted by Crippen LogP contribution is -2.48. The van der Waals surface area contributed by atoms with Gasteiger partial charge in [0.05, 0.1) is 5.69 Å². The van der Waals surface area contributed by atoms with E-state index in [1.54, 1.807) is 6.08 Å². The molecule has 0 unspecified atom stereocenters. The zero-order chi connectivity index (χ0) is 12.9. The number of isocyanates is 1. The standard InChI is InChI=1S/C17H19NO/c19-11-18-16-3-1-15(2-4-16)17-8-12-5-13(9-17)7-14(6-12)10-17/h1-4,12-14H,5-10H2. The highest BCUT2D eigenvalue weighted by molar-refractivity contribution is 5.50. The third-order valence-corrected chi connectivity index (χ3v) is 5.69. The fourth-order valence-electron chi connectivity index (χ4n) is 5.41. The van der Waals surface area contributed by atoms with E-state index < -0.39 is 0 Å². The van der Waals surface area contributed by atoms with Gasteiger partial charge in [0.1, 0.15) is 0 Å². The van der Waals surface area contributed by atoms with Crippen molar-refractivity contribution < 1.29 is 4.79 Å². The van der Waals surface area contributed by atoms with Crippen molar-refractivity contribution in [1.29, 1.82) is 0 Å². The van der Waals surface area contributed by atoms with Crippen LogP contribution in [0.2, 0.25) is 0 Å². The van der Waals surface area contributed by atoms with Gasteiger partial charge in [-0.2, -0.15) is 4.99 Å². The average molecular weight is 253 g/mol. The predicted octanol–water partition coefficient (Wildman–Crippen LogP) is 4.12. The first-order valence-corrected chi connectivity index (χ1v) is 7.46. The molecule has 0 N–H and O–H groups in total. The zero-order valence-corrected chi connectivity index (χ0v) is 11.1. The fourth-order valence-corrected chi connectivity index (χ4v) is 5.41. The highest BCUT2D eigenvalue weighted by atomic mass is 16.1. The maximum atomic E-state index is 10.3. The third kappa shape index (κ3) is 1.78. The molecule has 4 aliphatic carbocycles. The SMILES string of the molecule is O=C=Nc1ccc(C23CC4CC(CC(C4)C2)C3)cc1. The predicted molar refractivity (Wildman–Crippen MR) is 74.1 cm³/mol. The molecular formula is C17H19NO. The Kier molecular flexibility index (Phi) is 2.43. The van der Waals surface area contributed by atoms with E-state index in [-0.39, 0.29) is 0 Å². The molecule has 5 rings (SSSR count). The number of rotatable bonds is 2. The van der Waals surface area contributed by atoms with Crippen LogP contribution in [0.4, 0.5) is 5.69 Å². The minimum Gasteiger partial charge on any atom is -0.211 e. The molecule has 4 fully saturated rings. The van der Waals surface area contributed by atoms with Crippen LogP contribution in [0.15, 0.2) is 29.3 Å². The average Bonchev–Trinajstić information content (AvgIpc) is 2.38.